The van der Waals surface area contributed by atoms with E-state index < -0.39 is 16.1 Å². The van der Waals surface area contributed by atoms with Crippen LogP contribution >= 0.6 is 23.2 Å². The van der Waals surface area contributed by atoms with Crippen LogP contribution in [0.2, 0.25) is 10.0 Å². The van der Waals surface area contributed by atoms with Crippen LogP contribution in [0, 0.1) is 0 Å². The van der Waals surface area contributed by atoms with E-state index in [4.69, 9.17) is 32.7 Å². The van der Waals surface area contributed by atoms with Crippen LogP contribution in [-0.4, -0.2) is 43.3 Å². The lowest BCUT2D eigenvalue weighted by Crippen LogP contribution is -2.34. The molecule has 0 aliphatic rings. The van der Waals surface area contributed by atoms with Gasteiger partial charge in [-0.1, -0.05) is 68.8 Å². The number of carbonyl (C=O) groups excluding carboxylic acids is 1. The third-order valence-corrected chi connectivity index (χ3v) is 6.83. The number of unbranched alkanes of at least 4 members (excludes halogenated alkanes) is 4. The fourth-order valence-electron chi connectivity index (χ4n) is 3.11. The summed E-state index contributed by atoms with van der Waals surface area (Å²) in [4.78, 5) is 11.9. The number of carbonyl (C=O) groups is 1. The number of aromatic nitrogens is 2. The highest BCUT2D eigenvalue weighted by atomic mass is 35.5. The first kappa shape index (κ1) is 28.3. The summed E-state index contributed by atoms with van der Waals surface area (Å²) in [5.74, 6) is 0.0946. The number of nitrogens with one attached hydrogen (secondary N) is 1. The first-order chi connectivity index (χ1) is 16.2. The van der Waals surface area contributed by atoms with Crippen LogP contribution in [0.4, 0.5) is 4.79 Å². The van der Waals surface area contributed by atoms with Crippen LogP contribution < -0.4 is 9.46 Å². The molecule has 0 aliphatic carbocycles. The average molecular weight is 535 g/mol. The molecule has 1 aromatic heterocycles. The zero-order valence-electron chi connectivity index (χ0n) is 19.7. The van der Waals surface area contributed by atoms with Gasteiger partial charge < -0.3 is 9.47 Å². The largest absolute Gasteiger partial charge is 0.477 e. The number of ether oxygens (including phenoxy) is 2. The van der Waals surface area contributed by atoms with Gasteiger partial charge in [0.25, 0.3) is 0 Å². The van der Waals surface area contributed by atoms with Crippen LogP contribution in [0.3, 0.4) is 0 Å². The molecule has 0 spiro atoms. The smallest absolute Gasteiger partial charge is 0.420 e. The molecule has 1 N–H and O–H groups in total. The lowest BCUT2D eigenvalue weighted by molar-refractivity contribution is 0.150. The predicted octanol–water partition coefficient (Wildman–Crippen LogP) is 5.60. The van der Waals surface area contributed by atoms with Crippen molar-refractivity contribution in [1.29, 1.82) is 0 Å². The Hall–Kier alpha value is -1.97. The predicted molar refractivity (Wildman–Crippen MR) is 134 cm³/mol. The number of hydrogen-bond acceptors (Lipinski definition) is 6. The van der Waals surface area contributed by atoms with Gasteiger partial charge in [0.1, 0.15) is 0 Å². The van der Waals surface area contributed by atoms with Crippen molar-refractivity contribution < 1.29 is 22.7 Å². The molecule has 190 valence electrons. The zero-order valence-corrected chi connectivity index (χ0v) is 22.0. The minimum atomic E-state index is -3.89. The molecule has 2 aromatic rings. The van der Waals surface area contributed by atoms with Gasteiger partial charge in [-0.2, -0.15) is 0 Å². The van der Waals surface area contributed by atoms with Crippen LogP contribution in [-0.2, 0) is 27.7 Å². The van der Waals surface area contributed by atoms with Crippen LogP contribution in [0.1, 0.15) is 63.6 Å². The summed E-state index contributed by atoms with van der Waals surface area (Å²) in [5.41, 5.74) is 1.42. The molecule has 0 fully saturated rings. The minimum Gasteiger partial charge on any atom is -0.477 e. The van der Waals surface area contributed by atoms with Crippen molar-refractivity contribution in [2.75, 3.05) is 19.0 Å². The molecule has 1 heterocycles. The maximum absolute atomic E-state index is 12.4. The average Bonchev–Trinajstić information content (AvgIpc) is 3.15. The Morgan fingerprint density at radius 2 is 1.82 bits per heavy atom. The van der Waals surface area contributed by atoms with Crippen molar-refractivity contribution in [3.05, 3.63) is 45.6 Å². The summed E-state index contributed by atoms with van der Waals surface area (Å²) in [6.45, 7) is 5.16. The lowest BCUT2D eigenvalue weighted by atomic mass is 10.2. The number of aryl methyl sites for hydroxylation is 1. The zero-order chi connectivity index (χ0) is 25.0. The molecule has 2 rings (SSSR count). The fourth-order valence-corrected chi connectivity index (χ4v) is 4.47. The molecule has 0 atom stereocenters. The monoisotopic (exact) mass is 533 g/mol. The van der Waals surface area contributed by atoms with Gasteiger partial charge in [0.15, 0.2) is 0 Å². The van der Waals surface area contributed by atoms with Gasteiger partial charge in [0, 0.05) is 28.2 Å². The van der Waals surface area contributed by atoms with Crippen LogP contribution in [0.15, 0.2) is 24.3 Å². The standard InChI is InChI=1S/C23H33Cl2N3O5S/c1-3-5-7-8-13-33-23(29)27-34(30,31)14-11-20-16-22(32-12-6-4-2)26-28(20)17-18-9-10-19(24)15-21(18)25/h9-10,15-16H,3-8,11-14,17H2,1-2H3,(H,27,29). The summed E-state index contributed by atoms with van der Waals surface area (Å²) in [6, 6.07) is 6.87. The van der Waals surface area contributed by atoms with Gasteiger partial charge >= 0.3 is 6.09 Å². The topological polar surface area (TPSA) is 99.5 Å². The molecular formula is C23H33Cl2N3O5S. The van der Waals surface area contributed by atoms with Gasteiger partial charge in [-0.15, -0.1) is 5.10 Å². The van der Waals surface area contributed by atoms with Crippen molar-refractivity contribution in [2.45, 2.75) is 65.3 Å². The molecule has 0 bridgehead atoms. The first-order valence-electron chi connectivity index (χ1n) is 11.5. The quantitative estimate of drug-likeness (QED) is 0.299. The van der Waals surface area contributed by atoms with Gasteiger partial charge in [-0.05, 0) is 30.5 Å². The number of benzene rings is 1. The Bertz CT molecular complexity index is 1030. The van der Waals surface area contributed by atoms with Gasteiger partial charge in [-0.3, -0.25) is 4.68 Å². The molecule has 0 radical (unpaired) electrons. The second-order valence-electron chi connectivity index (χ2n) is 7.94. The van der Waals surface area contributed by atoms with Crippen molar-refractivity contribution >= 4 is 39.3 Å². The molecule has 0 saturated heterocycles. The van der Waals surface area contributed by atoms with Gasteiger partial charge in [-0.25, -0.2) is 17.9 Å². The van der Waals surface area contributed by atoms with E-state index in [9.17, 15) is 13.2 Å². The van der Waals surface area contributed by atoms with E-state index in [0.29, 0.717) is 41.2 Å². The van der Waals surface area contributed by atoms with Gasteiger partial charge in [0.05, 0.1) is 25.5 Å². The second kappa shape index (κ2) is 14.4. The first-order valence-corrected chi connectivity index (χ1v) is 14.0. The van der Waals surface area contributed by atoms with E-state index in [0.717, 1.165) is 37.7 Å². The number of rotatable bonds is 15. The molecule has 34 heavy (non-hydrogen) atoms. The van der Waals surface area contributed by atoms with Crippen LogP contribution in [0.25, 0.3) is 0 Å². The fraction of sp³-hybridized carbons (Fsp3) is 0.565. The summed E-state index contributed by atoms with van der Waals surface area (Å²) in [6.07, 6.45) is 4.76. The Morgan fingerprint density at radius 3 is 2.53 bits per heavy atom. The van der Waals surface area contributed by atoms with Crippen molar-refractivity contribution in [2.24, 2.45) is 0 Å². The van der Waals surface area contributed by atoms with Gasteiger partial charge in [0.2, 0.25) is 15.9 Å². The van der Waals surface area contributed by atoms with E-state index in [1.807, 2.05) is 4.72 Å². The molecule has 8 nitrogen and oxygen atoms in total. The molecule has 0 unspecified atom stereocenters. The molecule has 1 amide bonds. The highest BCUT2D eigenvalue weighted by Crippen LogP contribution is 2.23. The maximum atomic E-state index is 12.4. The number of halogens is 2. The SMILES string of the molecule is CCCCCCOC(=O)NS(=O)(=O)CCc1cc(OCCCC)nn1Cc1ccc(Cl)cc1Cl. The summed E-state index contributed by atoms with van der Waals surface area (Å²) in [5, 5.41) is 5.47. The number of nitrogens with zero attached hydrogens (tertiary/aromatic N) is 2. The summed E-state index contributed by atoms with van der Waals surface area (Å²) < 4.78 is 39.1. The molecule has 1 aromatic carbocycles. The van der Waals surface area contributed by atoms with E-state index in [1.165, 1.54) is 0 Å². The van der Waals surface area contributed by atoms with E-state index in [2.05, 4.69) is 18.9 Å². The highest BCUT2D eigenvalue weighted by molar-refractivity contribution is 7.90. The second-order valence-corrected chi connectivity index (χ2v) is 10.6. The summed E-state index contributed by atoms with van der Waals surface area (Å²) in [7, 11) is -3.89. The third-order valence-electron chi connectivity index (χ3n) is 5.02. The number of hydrogen-bond donors (Lipinski definition) is 1. The number of sulfonamides is 1. The Labute approximate surface area is 212 Å². The third kappa shape index (κ3) is 10.1. The van der Waals surface area contributed by atoms with Crippen molar-refractivity contribution in [1.82, 2.24) is 14.5 Å². The Morgan fingerprint density at radius 1 is 1.06 bits per heavy atom. The van der Waals surface area contributed by atoms with E-state index in [-0.39, 0.29) is 18.8 Å². The van der Waals surface area contributed by atoms with E-state index in [1.54, 1.807) is 28.9 Å². The normalized spacial score (nSPS) is 11.4. The highest BCUT2D eigenvalue weighted by Gasteiger charge is 2.19. The van der Waals surface area contributed by atoms with Crippen molar-refractivity contribution in [3.63, 3.8) is 0 Å². The lowest BCUT2D eigenvalue weighted by Gasteiger charge is -2.10. The molecular weight excluding hydrogens is 501 g/mol. The molecule has 0 saturated carbocycles. The molecule has 11 heteroatoms. The Kier molecular flexibility index (Phi) is 12.0. The van der Waals surface area contributed by atoms with Crippen LogP contribution in [0.5, 0.6) is 5.88 Å². The Balaban J connectivity index is 2.03. The minimum absolute atomic E-state index is 0.120. The van der Waals surface area contributed by atoms with Crippen molar-refractivity contribution in [3.8, 4) is 5.88 Å². The molecule has 0 aliphatic heterocycles. The van der Waals surface area contributed by atoms with E-state index >= 15 is 0 Å². The summed E-state index contributed by atoms with van der Waals surface area (Å²) >= 11 is 12.3. The maximum Gasteiger partial charge on any atom is 0.420 e. The number of amides is 1.